The van der Waals surface area contributed by atoms with E-state index in [4.69, 9.17) is 11.5 Å². The molecule has 0 radical (unpaired) electrons. The number of nitrogens with zero attached hydrogens (tertiary/aromatic N) is 5. The number of terminal acetylenes is 1. The standard InChI is InChI=1S/C25H25N5O/c1-4-19-7-9-21(10-8-19)25-24(20-11-13-26-14-12-20)22-18-29(16-17-30(22)27-25)23(31)6-5-15-28(2)3/h1,5-14H,15-18H2,2-3H3/b6-5+. The van der Waals surface area contributed by atoms with Gasteiger partial charge in [-0.3, -0.25) is 14.5 Å². The summed E-state index contributed by atoms with van der Waals surface area (Å²) in [6.07, 6.45) is 12.6. The van der Waals surface area contributed by atoms with E-state index in [1.54, 1.807) is 18.5 Å². The van der Waals surface area contributed by atoms with Gasteiger partial charge in [0.15, 0.2) is 0 Å². The summed E-state index contributed by atoms with van der Waals surface area (Å²) in [5, 5.41) is 4.91. The molecule has 3 heterocycles. The molecule has 0 saturated heterocycles. The molecule has 6 nitrogen and oxygen atoms in total. The lowest BCUT2D eigenvalue weighted by atomic mass is 9.98. The van der Waals surface area contributed by atoms with Gasteiger partial charge in [-0.1, -0.05) is 24.1 Å². The number of pyridine rings is 1. The van der Waals surface area contributed by atoms with Crippen LogP contribution in [-0.2, 0) is 17.9 Å². The normalized spacial score (nSPS) is 13.4. The molecular weight excluding hydrogens is 386 g/mol. The van der Waals surface area contributed by atoms with Gasteiger partial charge in [-0.05, 0) is 43.9 Å². The highest BCUT2D eigenvalue weighted by Crippen LogP contribution is 2.36. The maximum atomic E-state index is 12.7. The van der Waals surface area contributed by atoms with Crippen molar-refractivity contribution in [2.75, 3.05) is 27.2 Å². The predicted molar refractivity (Wildman–Crippen MR) is 122 cm³/mol. The first-order valence-electron chi connectivity index (χ1n) is 10.2. The summed E-state index contributed by atoms with van der Waals surface area (Å²) in [6.45, 7) is 2.53. The molecule has 0 saturated carbocycles. The van der Waals surface area contributed by atoms with Crippen LogP contribution in [0.2, 0.25) is 0 Å². The van der Waals surface area contributed by atoms with Crippen molar-refractivity contribution in [2.45, 2.75) is 13.1 Å². The van der Waals surface area contributed by atoms with Crippen LogP contribution >= 0.6 is 0 Å². The van der Waals surface area contributed by atoms with Crippen LogP contribution < -0.4 is 0 Å². The van der Waals surface area contributed by atoms with Crippen LogP contribution in [0.5, 0.6) is 0 Å². The van der Waals surface area contributed by atoms with E-state index in [1.165, 1.54) is 0 Å². The third-order valence-electron chi connectivity index (χ3n) is 5.32. The maximum absolute atomic E-state index is 12.7. The summed E-state index contributed by atoms with van der Waals surface area (Å²) in [7, 11) is 3.96. The molecule has 1 amide bonds. The van der Waals surface area contributed by atoms with Crippen LogP contribution in [-0.4, -0.2) is 57.7 Å². The Bertz CT molecular complexity index is 1140. The van der Waals surface area contributed by atoms with E-state index in [0.29, 0.717) is 19.6 Å². The number of hydrogen-bond acceptors (Lipinski definition) is 4. The monoisotopic (exact) mass is 411 g/mol. The lowest BCUT2D eigenvalue weighted by Crippen LogP contribution is -2.37. The van der Waals surface area contributed by atoms with Crippen molar-refractivity contribution < 1.29 is 4.79 Å². The maximum Gasteiger partial charge on any atom is 0.246 e. The molecule has 0 unspecified atom stereocenters. The van der Waals surface area contributed by atoms with Crippen molar-refractivity contribution in [3.05, 3.63) is 72.2 Å². The fourth-order valence-corrected chi connectivity index (χ4v) is 3.72. The number of rotatable bonds is 5. The Balaban J connectivity index is 1.72. The van der Waals surface area contributed by atoms with Crippen LogP contribution in [0.15, 0.2) is 60.9 Å². The second-order valence-electron chi connectivity index (χ2n) is 7.78. The highest BCUT2D eigenvalue weighted by atomic mass is 16.2. The number of carbonyl (C=O) groups is 1. The van der Waals surface area contributed by atoms with E-state index in [1.807, 2.05) is 71.1 Å². The Labute approximate surface area is 182 Å². The van der Waals surface area contributed by atoms with Gasteiger partial charge in [0.25, 0.3) is 0 Å². The van der Waals surface area contributed by atoms with E-state index >= 15 is 0 Å². The summed E-state index contributed by atoms with van der Waals surface area (Å²) in [5.41, 5.74) is 5.82. The Morgan fingerprint density at radius 1 is 1.13 bits per heavy atom. The van der Waals surface area contributed by atoms with Gasteiger partial charge in [-0.25, -0.2) is 0 Å². The number of carbonyl (C=O) groups excluding carboxylic acids is 1. The van der Waals surface area contributed by atoms with Gasteiger partial charge in [0.2, 0.25) is 5.91 Å². The van der Waals surface area contributed by atoms with Gasteiger partial charge in [0.1, 0.15) is 5.69 Å². The van der Waals surface area contributed by atoms with Gasteiger partial charge < -0.3 is 9.80 Å². The minimum atomic E-state index is 0.0231. The number of hydrogen-bond donors (Lipinski definition) is 0. The number of likely N-dealkylation sites (N-methyl/N-ethyl adjacent to an activating group) is 1. The number of amides is 1. The lowest BCUT2D eigenvalue weighted by Gasteiger charge is -2.27. The van der Waals surface area contributed by atoms with Crippen LogP contribution in [0.25, 0.3) is 22.4 Å². The topological polar surface area (TPSA) is 54.3 Å². The Kier molecular flexibility index (Phi) is 5.96. The molecule has 1 aromatic carbocycles. The fourth-order valence-electron chi connectivity index (χ4n) is 3.72. The molecule has 31 heavy (non-hydrogen) atoms. The summed E-state index contributed by atoms with van der Waals surface area (Å²) in [4.78, 5) is 20.8. The Hall–Kier alpha value is -3.69. The predicted octanol–water partition coefficient (Wildman–Crippen LogP) is 3.05. The van der Waals surface area contributed by atoms with Gasteiger partial charge >= 0.3 is 0 Å². The zero-order valence-electron chi connectivity index (χ0n) is 17.8. The van der Waals surface area contributed by atoms with Gasteiger partial charge in [0.05, 0.1) is 18.8 Å². The SMILES string of the molecule is C#Cc1ccc(-c2nn3c(c2-c2ccncc2)CN(C(=O)/C=C/CN(C)C)CC3)cc1. The minimum absolute atomic E-state index is 0.0231. The van der Waals surface area contributed by atoms with Crippen molar-refractivity contribution in [1.29, 1.82) is 0 Å². The third kappa shape index (κ3) is 4.42. The summed E-state index contributed by atoms with van der Waals surface area (Å²) in [6, 6.07) is 11.8. The van der Waals surface area contributed by atoms with Crippen molar-refractivity contribution in [3.8, 4) is 34.7 Å². The van der Waals surface area contributed by atoms with E-state index in [9.17, 15) is 4.79 Å². The molecule has 1 aliphatic heterocycles. The van der Waals surface area contributed by atoms with E-state index in [-0.39, 0.29) is 5.91 Å². The Morgan fingerprint density at radius 3 is 2.55 bits per heavy atom. The average molecular weight is 412 g/mol. The first-order valence-corrected chi connectivity index (χ1v) is 10.2. The summed E-state index contributed by atoms with van der Waals surface area (Å²) < 4.78 is 2.02. The zero-order chi connectivity index (χ0) is 21.8. The van der Waals surface area contributed by atoms with E-state index in [2.05, 4.69) is 10.9 Å². The quantitative estimate of drug-likeness (QED) is 0.478. The van der Waals surface area contributed by atoms with E-state index in [0.717, 1.165) is 40.2 Å². The fraction of sp³-hybridized carbons (Fsp3) is 0.240. The van der Waals surface area contributed by atoms with Crippen molar-refractivity contribution in [3.63, 3.8) is 0 Å². The first kappa shape index (κ1) is 20.6. The third-order valence-corrected chi connectivity index (χ3v) is 5.32. The molecule has 0 bridgehead atoms. The zero-order valence-corrected chi connectivity index (χ0v) is 17.8. The number of aromatic nitrogens is 3. The van der Waals surface area contributed by atoms with Crippen LogP contribution in [0.3, 0.4) is 0 Å². The number of fused-ring (bicyclic) bond motifs is 1. The Morgan fingerprint density at radius 2 is 1.87 bits per heavy atom. The molecule has 1 aliphatic rings. The van der Waals surface area contributed by atoms with Crippen molar-refractivity contribution in [1.82, 2.24) is 24.6 Å². The van der Waals surface area contributed by atoms with Gasteiger partial charge in [0, 0.05) is 48.2 Å². The van der Waals surface area contributed by atoms with Crippen LogP contribution in [0, 0.1) is 12.3 Å². The molecule has 0 atom stereocenters. The number of benzene rings is 1. The largest absolute Gasteiger partial charge is 0.331 e. The second-order valence-corrected chi connectivity index (χ2v) is 7.78. The second kappa shape index (κ2) is 8.99. The van der Waals surface area contributed by atoms with Crippen molar-refractivity contribution in [2.24, 2.45) is 0 Å². The van der Waals surface area contributed by atoms with Gasteiger partial charge in [-0.15, -0.1) is 6.42 Å². The lowest BCUT2D eigenvalue weighted by molar-refractivity contribution is -0.127. The minimum Gasteiger partial charge on any atom is -0.331 e. The molecule has 2 aromatic heterocycles. The average Bonchev–Trinajstić information content (AvgIpc) is 3.18. The highest BCUT2D eigenvalue weighted by Gasteiger charge is 2.27. The molecule has 0 spiro atoms. The molecule has 4 rings (SSSR count). The first-order chi connectivity index (χ1) is 15.1. The smallest absolute Gasteiger partial charge is 0.246 e. The molecule has 156 valence electrons. The van der Waals surface area contributed by atoms with Crippen LogP contribution in [0.1, 0.15) is 11.3 Å². The van der Waals surface area contributed by atoms with Gasteiger partial charge in [-0.2, -0.15) is 5.10 Å². The summed E-state index contributed by atoms with van der Waals surface area (Å²) >= 11 is 0. The van der Waals surface area contributed by atoms with E-state index < -0.39 is 0 Å². The van der Waals surface area contributed by atoms with Crippen molar-refractivity contribution >= 4 is 5.91 Å². The van der Waals surface area contributed by atoms with Crippen LogP contribution in [0.4, 0.5) is 0 Å². The highest BCUT2D eigenvalue weighted by molar-refractivity contribution is 5.88. The molecule has 0 N–H and O–H groups in total. The molecule has 0 fully saturated rings. The molecule has 3 aromatic rings. The summed E-state index contributed by atoms with van der Waals surface area (Å²) in [5.74, 6) is 2.68. The molecule has 0 aliphatic carbocycles. The molecule has 6 heteroatoms. The molecular formula is C25H25N5O.